The quantitative estimate of drug-likeness (QED) is 0.0786. The molecular weight excluding hydrogens is 504 g/mol. The van der Waals surface area contributed by atoms with E-state index in [1.807, 2.05) is 0 Å². The van der Waals surface area contributed by atoms with Gasteiger partial charge in [0.15, 0.2) is 0 Å². The molecule has 2 N–H and O–H groups in total. The van der Waals surface area contributed by atoms with Crippen LogP contribution in [-0.4, -0.2) is 45.2 Å². The number of rotatable bonds is 32. The molecule has 0 unspecified atom stereocenters. The van der Waals surface area contributed by atoms with Gasteiger partial charge in [-0.1, -0.05) is 155 Å². The van der Waals surface area contributed by atoms with Crippen molar-refractivity contribution < 1.29 is 19.8 Å². The van der Waals surface area contributed by atoms with Crippen molar-refractivity contribution in [1.29, 1.82) is 0 Å². The second-order valence-corrected chi connectivity index (χ2v) is 16.2. The van der Waals surface area contributed by atoms with Crippen molar-refractivity contribution in [3.63, 3.8) is 0 Å². The van der Waals surface area contributed by atoms with Crippen LogP contribution in [0.1, 0.15) is 181 Å². The fourth-order valence-electron chi connectivity index (χ4n) is 5.72. The van der Waals surface area contributed by atoms with E-state index >= 15 is 0 Å². The number of hydrogen-bond donors (Lipinski definition) is 2. The molecule has 0 atom stereocenters. The fraction of sp³-hybridized carbons (Fsp3) is 0.941. The van der Waals surface area contributed by atoms with E-state index in [1.165, 1.54) is 141 Å². The van der Waals surface area contributed by atoms with Gasteiger partial charge in [-0.3, -0.25) is 9.59 Å². The van der Waals surface area contributed by atoms with Crippen LogP contribution in [0.2, 0.25) is 0 Å². The average molecular weight is 573 g/mol. The summed E-state index contributed by atoms with van der Waals surface area (Å²) in [5.74, 6) is 2.11. The zero-order chi connectivity index (χ0) is 28.9. The van der Waals surface area contributed by atoms with Gasteiger partial charge >= 0.3 is 11.9 Å². The molecule has 5 heteroatoms. The van der Waals surface area contributed by atoms with Gasteiger partial charge in [0.2, 0.25) is 0 Å². The molecule has 39 heavy (non-hydrogen) atoms. The van der Waals surface area contributed by atoms with Gasteiger partial charge < -0.3 is 10.2 Å². The Morgan fingerprint density at radius 1 is 0.385 bits per heavy atom. The summed E-state index contributed by atoms with van der Waals surface area (Å²) in [6, 6.07) is 0. The number of carbonyl (C=O) groups is 2. The number of aliphatic carboxylic acids is 2. The zero-order valence-electron chi connectivity index (χ0n) is 26.3. The summed E-state index contributed by atoms with van der Waals surface area (Å²) in [7, 11) is -1.17. The van der Waals surface area contributed by atoms with Gasteiger partial charge in [-0.05, 0) is 35.9 Å². The molecule has 0 bridgehead atoms. The molecule has 0 fully saturated rings. The zero-order valence-corrected chi connectivity index (χ0v) is 27.1. The second-order valence-electron chi connectivity index (χ2n) is 12.1. The Hall–Kier alpha value is -0.710. The van der Waals surface area contributed by atoms with Crippen molar-refractivity contribution in [3.8, 4) is 0 Å². The number of carboxylic acids is 2. The number of hydrogen-bond acceptors (Lipinski definition) is 2. The fourth-order valence-corrected chi connectivity index (χ4v) is 9.79. The first kappa shape index (κ1) is 38.3. The van der Waals surface area contributed by atoms with E-state index in [0.29, 0.717) is 11.5 Å². The van der Waals surface area contributed by atoms with E-state index in [2.05, 4.69) is 13.8 Å². The topological polar surface area (TPSA) is 74.6 Å². The summed E-state index contributed by atoms with van der Waals surface area (Å²) in [5, 5.41) is 18.8. The maximum absolute atomic E-state index is 11.4. The Morgan fingerprint density at radius 2 is 0.615 bits per heavy atom. The van der Waals surface area contributed by atoms with E-state index in [1.54, 1.807) is 0 Å². The molecule has 0 amide bonds. The molecule has 0 aromatic heterocycles. The average Bonchev–Trinajstić information content (AvgIpc) is 2.91. The van der Waals surface area contributed by atoms with Gasteiger partial charge in [-0.2, -0.15) is 0 Å². The first-order valence-electron chi connectivity index (χ1n) is 17.1. The van der Waals surface area contributed by atoms with E-state index in [9.17, 15) is 19.8 Å². The normalized spacial score (nSPS) is 12.2. The van der Waals surface area contributed by atoms with Crippen LogP contribution >= 0.6 is 10.0 Å². The van der Waals surface area contributed by atoms with E-state index in [0.717, 1.165) is 24.3 Å². The standard InChI is InChI=1S/C34H68O4S/c1-3-5-7-9-11-13-15-17-19-21-23-25-29-39(31-27-33(35)36,32-28-34(37)38)30-26-24-22-20-18-16-14-12-10-8-6-4-2/h3-32H2,1-2H3,(H,35,36)(H,37,38). The Kier molecular flexibility index (Phi) is 28.3. The van der Waals surface area contributed by atoms with Crippen LogP contribution in [0.5, 0.6) is 0 Å². The lowest BCUT2D eigenvalue weighted by Gasteiger charge is -2.40. The van der Waals surface area contributed by atoms with Crippen molar-refractivity contribution in [2.75, 3.05) is 23.0 Å². The highest BCUT2D eigenvalue weighted by molar-refractivity contribution is 8.33. The first-order valence-corrected chi connectivity index (χ1v) is 19.4. The molecule has 0 aliphatic carbocycles. The second kappa shape index (κ2) is 28.8. The maximum Gasteiger partial charge on any atom is 0.304 e. The lowest BCUT2D eigenvalue weighted by atomic mass is 10.1. The Labute approximate surface area is 245 Å². The molecule has 0 rings (SSSR count). The van der Waals surface area contributed by atoms with E-state index in [4.69, 9.17) is 0 Å². The van der Waals surface area contributed by atoms with Crippen molar-refractivity contribution in [3.05, 3.63) is 0 Å². The van der Waals surface area contributed by atoms with Crippen LogP contribution in [0.3, 0.4) is 0 Å². The molecule has 0 saturated heterocycles. The molecule has 0 saturated carbocycles. The molecule has 0 aliphatic heterocycles. The first-order chi connectivity index (χ1) is 19.0. The van der Waals surface area contributed by atoms with E-state index < -0.39 is 22.0 Å². The van der Waals surface area contributed by atoms with Crippen LogP contribution in [0.4, 0.5) is 0 Å². The molecule has 0 aromatic rings. The van der Waals surface area contributed by atoms with Crippen LogP contribution in [-0.2, 0) is 9.59 Å². The molecule has 0 heterocycles. The van der Waals surface area contributed by atoms with Gasteiger partial charge in [0, 0.05) is 0 Å². The lowest BCUT2D eigenvalue weighted by Crippen LogP contribution is -2.21. The minimum Gasteiger partial charge on any atom is -0.481 e. The Balaban J connectivity index is 4.32. The summed E-state index contributed by atoms with van der Waals surface area (Å²) in [6.07, 6.45) is 32.1. The Morgan fingerprint density at radius 3 is 0.846 bits per heavy atom. The van der Waals surface area contributed by atoms with Gasteiger partial charge in [0.1, 0.15) is 0 Å². The predicted octanol–water partition coefficient (Wildman–Crippen LogP) is 11.1. The van der Waals surface area contributed by atoms with Crippen molar-refractivity contribution in [1.82, 2.24) is 0 Å². The number of carboxylic acid groups (broad SMARTS) is 2. The minimum absolute atomic E-state index is 0.200. The summed E-state index contributed by atoms with van der Waals surface area (Å²) in [6.45, 7) is 4.53. The molecule has 0 aliphatic rings. The summed E-state index contributed by atoms with van der Waals surface area (Å²) < 4.78 is 0. The van der Waals surface area contributed by atoms with Crippen molar-refractivity contribution >= 4 is 22.0 Å². The van der Waals surface area contributed by atoms with Crippen LogP contribution in [0, 0.1) is 0 Å². The SMILES string of the molecule is CCCCCCCCCCCCCCS(CCCCCCCCCCCCCC)(CCC(=O)O)CCC(=O)O. The Bertz CT molecular complexity index is 503. The van der Waals surface area contributed by atoms with Crippen LogP contribution in [0.15, 0.2) is 0 Å². The van der Waals surface area contributed by atoms with Crippen LogP contribution < -0.4 is 0 Å². The molecule has 0 spiro atoms. The smallest absolute Gasteiger partial charge is 0.304 e. The summed E-state index contributed by atoms with van der Waals surface area (Å²) in [4.78, 5) is 22.9. The molecular formula is C34H68O4S. The van der Waals surface area contributed by atoms with Gasteiger partial charge in [-0.15, -0.1) is 0 Å². The predicted molar refractivity (Wildman–Crippen MR) is 174 cm³/mol. The maximum atomic E-state index is 11.4. The molecule has 0 radical (unpaired) electrons. The highest BCUT2D eigenvalue weighted by Crippen LogP contribution is 2.51. The van der Waals surface area contributed by atoms with Gasteiger partial charge in [0.25, 0.3) is 0 Å². The summed E-state index contributed by atoms with van der Waals surface area (Å²) >= 11 is 0. The highest BCUT2D eigenvalue weighted by atomic mass is 32.3. The van der Waals surface area contributed by atoms with E-state index in [-0.39, 0.29) is 12.8 Å². The highest BCUT2D eigenvalue weighted by Gasteiger charge is 2.25. The third-order valence-corrected chi connectivity index (χ3v) is 12.8. The third kappa shape index (κ3) is 27.2. The molecule has 234 valence electrons. The van der Waals surface area contributed by atoms with Gasteiger partial charge in [-0.25, -0.2) is 10.0 Å². The largest absolute Gasteiger partial charge is 0.481 e. The molecule has 0 aromatic carbocycles. The minimum atomic E-state index is -1.17. The monoisotopic (exact) mass is 572 g/mol. The lowest BCUT2D eigenvalue weighted by molar-refractivity contribution is -0.137. The number of unbranched alkanes of at least 4 members (excludes halogenated alkanes) is 22. The van der Waals surface area contributed by atoms with Gasteiger partial charge in [0.05, 0.1) is 12.8 Å². The summed E-state index contributed by atoms with van der Waals surface area (Å²) in [5.41, 5.74) is 0. The molecule has 4 nitrogen and oxygen atoms in total. The van der Waals surface area contributed by atoms with Crippen molar-refractivity contribution in [2.24, 2.45) is 0 Å². The third-order valence-electron chi connectivity index (χ3n) is 8.36. The van der Waals surface area contributed by atoms with Crippen molar-refractivity contribution in [2.45, 2.75) is 181 Å². The van der Waals surface area contributed by atoms with Crippen LogP contribution in [0.25, 0.3) is 0 Å².